The lowest BCUT2D eigenvalue weighted by atomic mass is 10.1. The van der Waals surface area contributed by atoms with Gasteiger partial charge in [0.15, 0.2) is 0 Å². The van der Waals surface area contributed by atoms with E-state index in [0.29, 0.717) is 5.69 Å². The SMILES string of the molecule is O=c1c2cccnc2c(-c2cccc(C(F)(F)F)c2)nn1-c1ccc(Br)cc1. The molecule has 28 heavy (non-hydrogen) atoms. The fourth-order valence-electron chi connectivity index (χ4n) is 2.87. The van der Waals surface area contributed by atoms with Crippen LogP contribution in [-0.4, -0.2) is 14.8 Å². The van der Waals surface area contributed by atoms with Gasteiger partial charge in [-0.2, -0.15) is 23.0 Å². The van der Waals surface area contributed by atoms with Crippen LogP contribution < -0.4 is 5.56 Å². The first-order valence-corrected chi connectivity index (χ1v) is 8.95. The number of halogens is 4. The zero-order chi connectivity index (χ0) is 19.9. The molecule has 2 aromatic heterocycles. The van der Waals surface area contributed by atoms with Crippen molar-refractivity contribution in [3.05, 3.63) is 87.3 Å². The van der Waals surface area contributed by atoms with Gasteiger partial charge in [-0.1, -0.05) is 28.1 Å². The number of benzene rings is 2. The van der Waals surface area contributed by atoms with Crippen molar-refractivity contribution in [2.24, 2.45) is 0 Å². The van der Waals surface area contributed by atoms with E-state index in [9.17, 15) is 18.0 Å². The van der Waals surface area contributed by atoms with Crippen molar-refractivity contribution < 1.29 is 13.2 Å². The summed E-state index contributed by atoms with van der Waals surface area (Å²) >= 11 is 3.33. The minimum absolute atomic E-state index is 0.198. The fourth-order valence-corrected chi connectivity index (χ4v) is 3.13. The molecule has 0 spiro atoms. The molecule has 0 amide bonds. The Morgan fingerprint density at radius 2 is 1.71 bits per heavy atom. The van der Waals surface area contributed by atoms with Crippen LogP contribution in [0.15, 0.2) is 76.1 Å². The van der Waals surface area contributed by atoms with Gasteiger partial charge in [-0.25, -0.2) is 0 Å². The molecule has 0 bridgehead atoms. The van der Waals surface area contributed by atoms with Gasteiger partial charge in [-0.3, -0.25) is 9.78 Å². The van der Waals surface area contributed by atoms with E-state index in [1.807, 2.05) is 0 Å². The molecule has 0 aliphatic rings. The normalized spacial score (nSPS) is 11.7. The summed E-state index contributed by atoms with van der Waals surface area (Å²) < 4.78 is 41.4. The maximum atomic E-state index is 13.1. The molecule has 0 unspecified atom stereocenters. The summed E-state index contributed by atoms with van der Waals surface area (Å²) in [5.41, 5.74) is -0.0283. The summed E-state index contributed by atoms with van der Waals surface area (Å²) in [6.45, 7) is 0. The Bertz CT molecular complexity index is 1230. The first-order valence-electron chi connectivity index (χ1n) is 8.16. The van der Waals surface area contributed by atoms with Crippen molar-refractivity contribution in [3.8, 4) is 16.9 Å². The smallest absolute Gasteiger partial charge is 0.267 e. The predicted octanol–water partition coefficient (Wildman–Crippen LogP) is 5.23. The van der Waals surface area contributed by atoms with Gasteiger partial charge < -0.3 is 0 Å². The fraction of sp³-hybridized carbons (Fsp3) is 0.0500. The minimum Gasteiger partial charge on any atom is -0.267 e. The van der Waals surface area contributed by atoms with Crippen LogP contribution in [0.1, 0.15) is 5.56 Å². The number of rotatable bonds is 2. The Hall–Kier alpha value is -3.00. The first-order chi connectivity index (χ1) is 13.3. The second-order valence-electron chi connectivity index (χ2n) is 6.02. The Kier molecular flexibility index (Phi) is 4.50. The molecule has 140 valence electrons. The number of alkyl halides is 3. The highest BCUT2D eigenvalue weighted by molar-refractivity contribution is 9.10. The molecular weight excluding hydrogens is 435 g/mol. The van der Waals surface area contributed by atoms with Crippen molar-refractivity contribution >= 4 is 26.8 Å². The molecule has 2 heterocycles. The summed E-state index contributed by atoms with van der Waals surface area (Å²) in [6.07, 6.45) is -3.01. The van der Waals surface area contributed by atoms with Crippen molar-refractivity contribution in [1.82, 2.24) is 14.8 Å². The van der Waals surface area contributed by atoms with Gasteiger partial charge in [0.2, 0.25) is 0 Å². The van der Waals surface area contributed by atoms with Crippen LogP contribution in [0, 0.1) is 0 Å². The molecular formula is C20H11BrF3N3O. The van der Waals surface area contributed by atoms with Crippen molar-refractivity contribution in [3.63, 3.8) is 0 Å². The van der Waals surface area contributed by atoms with Crippen molar-refractivity contribution in [2.45, 2.75) is 6.18 Å². The van der Waals surface area contributed by atoms with Crippen LogP contribution >= 0.6 is 15.9 Å². The third-order valence-electron chi connectivity index (χ3n) is 4.19. The largest absolute Gasteiger partial charge is 0.416 e. The van der Waals surface area contributed by atoms with E-state index in [2.05, 4.69) is 26.0 Å². The Balaban J connectivity index is 2.02. The number of nitrogens with zero attached hydrogens (tertiary/aromatic N) is 3. The molecule has 0 aliphatic carbocycles. The summed E-state index contributed by atoms with van der Waals surface area (Å²) in [5, 5.41) is 4.62. The lowest BCUT2D eigenvalue weighted by Gasteiger charge is -2.12. The number of aromatic nitrogens is 3. The third-order valence-corrected chi connectivity index (χ3v) is 4.72. The summed E-state index contributed by atoms with van der Waals surface area (Å²) in [6, 6.07) is 14.9. The Labute approximate surface area is 165 Å². The third kappa shape index (κ3) is 3.31. The lowest BCUT2D eigenvalue weighted by Crippen LogP contribution is -2.22. The van der Waals surface area contributed by atoms with E-state index in [1.165, 1.54) is 23.0 Å². The molecule has 4 rings (SSSR count). The van der Waals surface area contributed by atoms with Crippen molar-refractivity contribution in [2.75, 3.05) is 0 Å². The van der Waals surface area contributed by atoms with Crippen LogP contribution in [0.4, 0.5) is 13.2 Å². The molecule has 0 radical (unpaired) electrons. The maximum absolute atomic E-state index is 13.1. The average molecular weight is 446 g/mol. The van der Waals surface area contributed by atoms with Gasteiger partial charge in [0.1, 0.15) is 11.2 Å². The van der Waals surface area contributed by atoms with Gasteiger partial charge in [-0.05, 0) is 48.5 Å². The van der Waals surface area contributed by atoms with Crippen LogP contribution in [0.2, 0.25) is 0 Å². The van der Waals surface area contributed by atoms with Crippen LogP contribution in [0.25, 0.3) is 27.8 Å². The minimum atomic E-state index is -4.49. The number of hydrogen-bond acceptors (Lipinski definition) is 3. The van der Waals surface area contributed by atoms with E-state index in [1.54, 1.807) is 36.4 Å². The molecule has 4 nitrogen and oxygen atoms in total. The molecule has 0 saturated carbocycles. The Morgan fingerprint density at radius 3 is 2.43 bits per heavy atom. The number of hydrogen-bond donors (Lipinski definition) is 0. The van der Waals surface area contributed by atoms with Gasteiger partial charge in [0, 0.05) is 16.2 Å². The number of fused-ring (bicyclic) bond motifs is 1. The quantitative estimate of drug-likeness (QED) is 0.424. The zero-order valence-corrected chi connectivity index (χ0v) is 15.7. The highest BCUT2D eigenvalue weighted by atomic mass is 79.9. The summed E-state index contributed by atoms with van der Waals surface area (Å²) in [7, 11) is 0. The van der Waals surface area contributed by atoms with E-state index in [0.717, 1.165) is 16.6 Å². The second-order valence-corrected chi connectivity index (χ2v) is 6.94. The molecule has 2 aromatic carbocycles. The zero-order valence-electron chi connectivity index (χ0n) is 14.1. The van der Waals surface area contributed by atoms with Crippen molar-refractivity contribution in [1.29, 1.82) is 0 Å². The maximum Gasteiger partial charge on any atom is 0.416 e. The van der Waals surface area contributed by atoms with Gasteiger partial charge in [0.25, 0.3) is 5.56 Å². The summed E-state index contributed by atoms with van der Waals surface area (Å²) in [5.74, 6) is 0. The van der Waals surface area contributed by atoms with E-state index in [-0.39, 0.29) is 22.2 Å². The van der Waals surface area contributed by atoms with E-state index < -0.39 is 17.3 Å². The molecule has 0 aliphatic heterocycles. The van der Waals surface area contributed by atoms with E-state index >= 15 is 0 Å². The van der Waals surface area contributed by atoms with E-state index in [4.69, 9.17) is 0 Å². The molecule has 0 saturated heterocycles. The van der Waals surface area contributed by atoms with Gasteiger partial charge in [-0.15, -0.1) is 0 Å². The standard InChI is InChI=1S/C20H11BrF3N3O/c21-14-6-8-15(9-7-14)27-19(28)16-5-2-10-25-18(16)17(26-27)12-3-1-4-13(11-12)20(22,23)24/h1-11H. The molecule has 0 atom stereocenters. The lowest BCUT2D eigenvalue weighted by molar-refractivity contribution is -0.137. The average Bonchev–Trinajstić information content (AvgIpc) is 2.69. The van der Waals surface area contributed by atoms with Crippen LogP contribution in [-0.2, 0) is 6.18 Å². The second kappa shape index (κ2) is 6.87. The molecule has 4 aromatic rings. The van der Waals surface area contributed by atoms with Gasteiger partial charge in [0.05, 0.1) is 16.6 Å². The molecule has 0 N–H and O–H groups in total. The highest BCUT2D eigenvalue weighted by Gasteiger charge is 2.30. The molecule has 0 fully saturated rings. The predicted molar refractivity (Wildman–Crippen MR) is 103 cm³/mol. The van der Waals surface area contributed by atoms with Gasteiger partial charge >= 0.3 is 6.18 Å². The number of pyridine rings is 1. The Morgan fingerprint density at radius 1 is 0.964 bits per heavy atom. The monoisotopic (exact) mass is 445 g/mol. The molecule has 8 heteroatoms. The summed E-state index contributed by atoms with van der Waals surface area (Å²) in [4.78, 5) is 17.1. The highest BCUT2D eigenvalue weighted by Crippen LogP contribution is 2.33. The first kappa shape index (κ1) is 18.4. The van der Waals surface area contributed by atoms with Crippen LogP contribution in [0.5, 0.6) is 0 Å². The van der Waals surface area contributed by atoms with Crippen LogP contribution in [0.3, 0.4) is 0 Å². The topological polar surface area (TPSA) is 47.8 Å².